The molecule has 2 heterocycles. The summed E-state index contributed by atoms with van der Waals surface area (Å²) >= 11 is 1.79. The molecule has 4 nitrogen and oxygen atoms in total. The van der Waals surface area contributed by atoms with Crippen molar-refractivity contribution in [1.82, 2.24) is 15.2 Å². The predicted molar refractivity (Wildman–Crippen MR) is 116 cm³/mol. The van der Waals surface area contributed by atoms with E-state index in [1.54, 1.807) is 23.5 Å². The molecule has 3 aromatic rings. The van der Waals surface area contributed by atoms with Gasteiger partial charge >= 0.3 is 0 Å². The maximum atomic E-state index is 13.1. The lowest BCUT2D eigenvalue weighted by Crippen LogP contribution is -2.48. The molecular formula is C23H26FN3OS. The van der Waals surface area contributed by atoms with Gasteiger partial charge in [0, 0.05) is 5.92 Å². The highest BCUT2D eigenvalue weighted by Gasteiger charge is 2.29. The number of amides is 1. The molecule has 0 bridgehead atoms. The second kappa shape index (κ2) is 8.59. The highest BCUT2D eigenvalue weighted by Crippen LogP contribution is 2.34. The number of piperidine rings is 1. The van der Waals surface area contributed by atoms with Crippen molar-refractivity contribution >= 4 is 27.5 Å². The lowest BCUT2D eigenvalue weighted by molar-refractivity contribution is -0.127. The number of halogens is 1. The molecule has 4 rings (SSSR count). The predicted octanol–water partition coefficient (Wildman–Crippen LogP) is 4.88. The molecular weight excluding hydrogens is 385 g/mol. The molecule has 1 aliphatic rings. The van der Waals surface area contributed by atoms with E-state index in [4.69, 9.17) is 4.98 Å². The van der Waals surface area contributed by atoms with E-state index in [2.05, 4.69) is 28.4 Å². The van der Waals surface area contributed by atoms with Crippen LogP contribution in [0.4, 0.5) is 4.39 Å². The summed E-state index contributed by atoms with van der Waals surface area (Å²) in [4.78, 5) is 19.8. The molecule has 0 aliphatic carbocycles. The normalized spacial score (nSPS) is 17.9. The summed E-state index contributed by atoms with van der Waals surface area (Å²) in [6.07, 6.45) is 2.04. The number of hydrogen-bond acceptors (Lipinski definition) is 4. The molecule has 1 fully saturated rings. The molecule has 1 aromatic heterocycles. The van der Waals surface area contributed by atoms with Crippen molar-refractivity contribution in [2.75, 3.05) is 13.1 Å². The molecule has 0 saturated carbocycles. The van der Waals surface area contributed by atoms with Gasteiger partial charge in [-0.15, -0.1) is 11.3 Å². The van der Waals surface area contributed by atoms with Crippen LogP contribution in [0.2, 0.25) is 0 Å². The van der Waals surface area contributed by atoms with E-state index in [0.29, 0.717) is 5.92 Å². The van der Waals surface area contributed by atoms with Gasteiger partial charge in [-0.25, -0.2) is 9.37 Å². The molecule has 2 aromatic carbocycles. The van der Waals surface area contributed by atoms with Gasteiger partial charge in [0.15, 0.2) is 0 Å². The van der Waals surface area contributed by atoms with E-state index in [1.165, 1.54) is 21.8 Å². The zero-order valence-electron chi connectivity index (χ0n) is 16.8. The average molecular weight is 412 g/mol. The Labute approximate surface area is 174 Å². The minimum atomic E-state index is -0.267. The third kappa shape index (κ3) is 4.49. The standard InChI is InChI=1S/C23H26FN3OS/c1-15(17-7-9-19(24)10-8-17)25-22(28)16(2)27-13-11-18(12-14-27)23-26-20-5-3-4-6-21(20)29-23/h3-10,15-16,18H,11-14H2,1-2H3,(H,25,28)/t15-,16+/m0/s1. The number of rotatable bonds is 5. The molecule has 1 aliphatic heterocycles. The molecule has 6 heteroatoms. The maximum Gasteiger partial charge on any atom is 0.237 e. The number of benzene rings is 2. The molecule has 0 spiro atoms. The van der Waals surface area contributed by atoms with Crippen LogP contribution in [0.3, 0.4) is 0 Å². The van der Waals surface area contributed by atoms with Crippen molar-refractivity contribution in [3.8, 4) is 0 Å². The highest BCUT2D eigenvalue weighted by molar-refractivity contribution is 7.18. The fourth-order valence-corrected chi connectivity index (χ4v) is 5.07. The summed E-state index contributed by atoms with van der Waals surface area (Å²) in [7, 11) is 0. The highest BCUT2D eigenvalue weighted by atomic mass is 32.1. The minimum Gasteiger partial charge on any atom is -0.348 e. The fourth-order valence-electron chi connectivity index (χ4n) is 3.93. The number of hydrogen-bond donors (Lipinski definition) is 1. The van der Waals surface area contributed by atoms with Crippen LogP contribution in [0.1, 0.15) is 49.2 Å². The van der Waals surface area contributed by atoms with Crippen molar-refractivity contribution < 1.29 is 9.18 Å². The number of nitrogens with zero attached hydrogens (tertiary/aromatic N) is 2. The van der Waals surface area contributed by atoms with Crippen LogP contribution in [0.25, 0.3) is 10.2 Å². The first kappa shape index (κ1) is 20.0. The lowest BCUT2D eigenvalue weighted by atomic mass is 9.96. The van der Waals surface area contributed by atoms with Crippen molar-refractivity contribution in [2.45, 2.75) is 44.7 Å². The molecule has 152 valence electrons. The first-order valence-corrected chi connectivity index (χ1v) is 11.0. The largest absolute Gasteiger partial charge is 0.348 e. The topological polar surface area (TPSA) is 45.2 Å². The van der Waals surface area contributed by atoms with Gasteiger partial charge in [-0.2, -0.15) is 0 Å². The van der Waals surface area contributed by atoms with Gasteiger partial charge in [-0.1, -0.05) is 24.3 Å². The van der Waals surface area contributed by atoms with E-state index in [-0.39, 0.29) is 23.8 Å². The molecule has 1 N–H and O–H groups in total. The minimum absolute atomic E-state index is 0.0141. The van der Waals surface area contributed by atoms with Gasteiger partial charge in [-0.3, -0.25) is 9.69 Å². The van der Waals surface area contributed by atoms with Gasteiger partial charge in [0.25, 0.3) is 0 Å². The van der Waals surface area contributed by atoms with E-state index >= 15 is 0 Å². The Morgan fingerprint density at radius 1 is 1.14 bits per heavy atom. The summed E-state index contributed by atoms with van der Waals surface area (Å²) in [5.41, 5.74) is 1.99. The van der Waals surface area contributed by atoms with E-state index in [1.807, 2.05) is 19.9 Å². The zero-order valence-corrected chi connectivity index (χ0v) is 17.6. The van der Waals surface area contributed by atoms with Gasteiger partial charge in [0.2, 0.25) is 5.91 Å². The Hall–Kier alpha value is -2.31. The second-order valence-corrected chi connectivity index (χ2v) is 8.85. The van der Waals surface area contributed by atoms with Gasteiger partial charge < -0.3 is 5.32 Å². The van der Waals surface area contributed by atoms with Crippen molar-refractivity contribution in [1.29, 1.82) is 0 Å². The van der Waals surface area contributed by atoms with Crippen LogP contribution in [0.5, 0.6) is 0 Å². The zero-order chi connectivity index (χ0) is 20.4. The molecule has 2 atom stereocenters. The maximum absolute atomic E-state index is 13.1. The van der Waals surface area contributed by atoms with E-state index < -0.39 is 0 Å². The Balaban J connectivity index is 1.32. The molecule has 1 saturated heterocycles. The summed E-state index contributed by atoms with van der Waals surface area (Å²) < 4.78 is 14.3. The molecule has 1 amide bonds. The number of carbonyl (C=O) groups is 1. The number of aromatic nitrogens is 1. The number of fused-ring (bicyclic) bond motifs is 1. The lowest BCUT2D eigenvalue weighted by Gasteiger charge is -2.35. The van der Waals surface area contributed by atoms with Gasteiger partial charge in [0.1, 0.15) is 5.82 Å². The van der Waals surface area contributed by atoms with Crippen molar-refractivity contribution in [3.63, 3.8) is 0 Å². The molecule has 29 heavy (non-hydrogen) atoms. The van der Waals surface area contributed by atoms with Crippen molar-refractivity contribution in [3.05, 3.63) is 64.9 Å². The fraction of sp³-hybridized carbons (Fsp3) is 0.391. The monoisotopic (exact) mass is 411 g/mol. The number of para-hydroxylation sites is 1. The van der Waals surface area contributed by atoms with Crippen LogP contribution in [0, 0.1) is 5.82 Å². The second-order valence-electron chi connectivity index (χ2n) is 7.79. The number of carbonyl (C=O) groups excluding carboxylic acids is 1. The summed E-state index contributed by atoms with van der Waals surface area (Å²) in [6, 6.07) is 14.2. The Morgan fingerprint density at radius 2 is 1.83 bits per heavy atom. The summed E-state index contributed by atoms with van der Waals surface area (Å²) in [5, 5.41) is 4.28. The summed E-state index contributed by atoms with van der Waals surface area (Å²) in [5.74, 6) is 0.217. The van der Waals surface area contributed by atoms with Crippen LogP contribution in [0.15, 0.2) is 48.5 Å². The van der Waals surface area contributed by atoms with Gasteiger partial charge in [-0.05, 0) is 69.6 Å². The van der Waals surface area contributed by atoms with Crippen LogP contribution in [-0.2, 0) is 4.79 Å². The van der Waals surface area contributed by atoms with Crippen LogP contribution in [-0.4, -0.2) is 34.9 Å². The number of nitrogens with one attached hydrogen (secondary N) is 1. The molecule has 0 unspecified atom stereocenters. The molecule has 0 radical (unpaired) electrons. The number of thiazole rings is 1. The van der Waals surface area contributed by atoms with Crippen LogP contribution >= 0.6 is 11.3 Å². The SMILES string of the molecule is C[C@H](NC(=O)[C@@H](C)N1CCC(c2nc3ccccc3s2)CC1)c1ccc(F)cc1. The first-order valence-electron chi connectivity index (χ1n) is 10.2. The third-order valence-electron chi connectivity index (χ3n) is 5.85. The average Bonchev–Trinajstić information content (AvgIpc) is 3.18. The Kier molecular flexibility index (Phi) is 5.92. The third-order valence-corrected chi connectivity index (χ3v) is 7.04. The van der Waals surface area contributed by atoms with Crippen LogP contribution < -0.4 is 5.32 Å². The quantitative estimate of drug-likeness (QED) is 0.651. The van der Waals surface area contributed by atoms with Crippen molar-refractivity contribution in [2.24, 2.45) is 0 Å². The first-order chi connectivity index (χ1) is 14.0. The van der Waals surface area contributed by atoms with E-state index in [0.717, 1.165) is 37.0 Å². The van der Waals surface area contributed by atoms with Gasteiger partial charge in [0.05, 0.1) is 27.3 Å². The smallest absolute Gasteiger partial charge is 0.237 e. The summed E-state index contributed by atoms with van der Waals surface area (Å²) in [6.45, 7) is 5.67. The number of likely N-dealkylation sites (tertiary alicyclic amines) is 1. The Bertz CT molecular complexity index is 946. The van der Waals surface area contributed by atoms with E-state index in [9.17, 15) is 9.18 Å². The Morgan fingerprint density at radius 3 is 2.52 bits per heavy atom.